The maximum atomic E-state index is 12.4. The van der Waals surface area contributed by atoms with Crippen molar-refractivity contribution in [2.24, 2.45) is 16.5 Å². The predicted octanol–water partition coefficient (Wildman–Crippen LogP) is 2.81. The van der Waals surface area contributed by atoms with Gasteiger partial charge in [0, 0.05) is 11.6 Å². The van der Waals surface area contributed by atoms with E-state index in [0.29, 0.717) is 11.1 Å². The molecular weight excluding hydrogens is 350 g/mol. The van der Waals surface area contributed by atoms with Crippen LogP contribution in [0, 0.1) is 11.3 Å². The number of likely N-dealkylation sites (tertiary alicyclic amines) is 1. The largest absolute Gasteiger partial charge is 0.326 e. The summed E-state index contributed by atoms with van der Waals surface area (Å²) in [6, 6.07) is 5.95. The van der Waals surface area contributed by atoms with Gasteiger partial charge >= 0.3 is 0 Å². The van der Waals surface area contributed by atoms with Gasteiger partial charge in [-0.05, 0) is 75.0 Å². The van der Waals surface area contributed by atoms with Crippen LogP contribution in [0.3, 0.4) is 0 Å². The molecule has 1 heterocycles. The number of carbonyl (C=O) groups excluding carboxylic acids is 1. The number of rotatable bonds is 6. The Labute approximate surface area is 157 Å². The lowest BCUT2D eigenvalue weighted by molar-refractivity contribution is -0.121. The molecule has 1 saturated heterocycles. The van der Waals surface area contributed by atoms with E-state index in [1.54, 1.807) is 12.1 Å². The minimum atomic E-state index is -3.71. The van der Waals surface area contributed by atoms with Crippen molar-refractivity contribution in [3.05, 3.63) is 24.3 Å². The number of anilines is 1. The Hall–Kier alpha value is -1.44. The molecule has 146 valence electrons. The van der Waals surface area contributed by atoms with Crippen LogP contribution < -0.4 is 10.5 Å². The first-order valence-electron chi connectivity index (χ1n) is 9.21. The lowest BCUT2D eigenvalue weighted by Crippen LogP contribution is -2.38. The normalized spacial score (nSPS) is 17.2. The van der Waals surface area contributed by atoms with E-state index in [1.807, 2.05) is 0 Å². The van der Waals surface area contributed by atoms with Crippen molar-refractivity contribution in [2.75, 3.05) is 25.0 Å². The highest BCUT2D eigenvalue weighted by molar-refractivity contribution is 7.89. The Balaban J connectivity index is 1.78. The molecule has 0 bridgehead atoms. The Morgan fingerprint density at radius 3 is 2.27 bits per heavy atom. The van der Waals surface area contributed by atoms with E-state index in [2.05, 4.69) is 31.0 Å². The second kappa shape index (κ2) is 8.50. The molecule has 1 fully saturated rings. The highest BCUT2D eigenvalue weighted by atomic mass is 32.2. The number of carbonyl (C=O) groups is 1. The molecule has 0 radical (unpaired) electrons. The standard InChI is InChI=1S/C19H31N3O3S/c1-19(2,3)11-4-12-22-13-9-15(10-14-22)18(23)21-16-5-7-17(8-6-16)26(20,24)25/h5-8,15H,4,9-14H2,1-3H3,(H,21,23)(H2,20,24,25). The van der Waals surface area contributed by atoms with Crippen LogP contribution in [0.15, 0.2) is 29.2 Å². The summed E-state index contributed by atoms with van der Waals surface area (Å²) < 4.78 is 22.5. The summed E-state index contributed by atoms with van der Waals surface area (Å²) in [5.41, 5.74) is 0.965. The van der Waals surface area contributed by atoms with Crippen LogP contribution in [0.4, 0.5) is 5.69 Å². The summed E-state index contributed by atoms with van der Waals surface area (Å²) in [6.45, 7) is 9.79. The Kier molecular flexibility index (Phi) is 6.82. The minimum absolute atomic E-state index is 0.00250. The number of nitrogens with one attached hydrogen (secondary N) is 1. The summed E-state index contributed by atoms with van der Waals surface area (Å²) in [7, 11) is -3.71. The molecule has 1 aliphatic rings. The zero-order chi connectivity index (χ0) is 19.4. The number of hydrogen-bond donors (Lipinski definition) is 2. The summed E-state index contributed by atoms with van der Waals surface area (Å²) in [6.07, 6.45) is 4.12. The van der Waals surface area contributed by atoms with Gasteiger partial charge in [-0.15, -0.1) is 0 Å². The van der Waals surface area contributed by atoms with E-state index < -0.39 is 10.0 Å². The fraction of sp³-hybridized carbons (Fsp3) is 0.632. The third kappa shape index (κ3) is 6.70. The average molecular weight is 382 g/mol. The highest BCUT2D eigenvalue weighted by Gasteiger charge is 2.25. The predicted molar refractivity (Wildman–Crippen MR) is 104 cm³/mol. The molecule has 1 aromatic rings. The zero-order valence-corrected chi connectivity index (χ0v) is 16.8. The van der Waals surface area contributed by atoms with Gasteiger partial charge in [0.15, 0.2) is 0 Å². The fourth-order valence-corrected chi connectivity index (χ4v) is 3.74. The van der Waals surface area contributed by atoms with Crippen molar-refractivity contribution in [2.45, 2.75) is 51.3 Å². The molecule has 7 heteroatoms. The molecule has 0 saturated carbocycles. The molecule has 3 N–H and O–H groups in total. The van der Waals surface area contributed by atoms with Crippen molar-refractivity contribution in [1.82, 2.24) is 4.90 Å². The van der Waals surface area contributed by atoms with Gasteiger partial charge in [-0.1, -0.05) is 20.8 Å². The zero-order valence-electron chi connectivity index (χ0n) is 16.0. The molecule has 2 rings (SSSR count). The van der Waals surface area contributed by atoms with Crippen LogP contribution in [0.1, 0.15) is 46.5 Å². The first-order chi connectivity index (χ1) is 12.0. The van der Waals surface area contributed by atoms with Gasteiger partial charge in [0.1, 0.15) is 0 Å². The Bertz CT molecular complexity index is 701. The quantitative estimate of drug-likeness (QED) is 0.792. The molecule has 0 atom stereocenters. The van der Waals surface area contributed by atoms with Crippen LogP contribution >= 0.6 is 0 Å². The molecule has 0 aliphatic carbocycles. The average Bonchev–Trinajstić information content (AvgIpc) is 2.54. The third-order valence-corrected chi connectivity index (χ3v) is 5.74. The van der Waals surface area contributed by atoms with Gasteiger partial charge in [-0.2, -0.15) is 0 Å². The number of piperidine rings is 1. The summed E-state index contributed by atoms with van der Waals surface area (Å²) >= 11 is 0. The van der Waals surface area contributed by atoms with Gasteiger partial charge in [0.25, 0.3) is 0 Å². The summed E-state index contributed by atoms with van der Waals surface area (Å²) in [4.78, 5) is 14.9. The number of nitrogens with zero attached hydrogens (tertiary/aromatic N) is 1. The summed E-state index contributed by atoms with van der Waals surface area (Å²) in [5.74, 6) is 0.00878. The van der Waals surface area contributed by atoms with E-state index in [4.69, 9.17) is 5.14 Å². The van der Waals surface area contributed by atoms with Crippen LogP contribution in [0.25, 0.3) is 0 Å². The van der Waals surface area contributed by atoms with Crippen molar-refractivity contribution >= 4 is 21.6 Å². The Morgan fingerprint density at radius 1 is 1.19 bits per heavy atom. The molecule has 6 nitrogen and oxygen atoms in total. The highest BCUT2D eigenvalue weighted by Crippen LogP contribution is 2.23. The van der Waals surface area contributed by atoms with E-state index in [1.165, 1.54) is 25.0 Å². The number of sulfonamides is 1. The van der Waals surface area contributed by atoms with Crippen molar-refractivity contribution in [3.63, 3.8) is 0 Å². The van der Waals surface area contributed by atoms with Gasteiger partial charge in [-0.3, -0.25) is 4.79 Å². The second-order valence-corrected chi connectivity index (χ2v) is 9.90. The number of benzene rings is 1. The Morgan fingerprint density at radius 2 is 1.77 bits per heavy atom. The van der Waals surface area contributed by atoms with Crippen LogP contribution in [0.5, 0.6) is 0 Å². The molecule has 26 heavy (non-hydrogen) atoms. The molecule has 0 unspecified atom stereocenters. The number of hydrogen-bond acceptors (Lipinski definition) is 4. The van der Waals surface area contributed by atoms with Crippen LogP contribution in [-0.4, -0.2) is 38.9 Å². The van der Waals surface area contributed by atoms with Gasteiger partial charge in [-0.25, -0.2) is 13.6 Å². The molecule has 1 aliphatic heterocycles. The number of amides is 1. The third-order valence-electron chi connectivity index (χ3n) is 4.81. The SMILES string of the molecule is CC(C)(C)CCCN1CCC(C(=O)Nc2ccc(S(N)(=O)=O)cc2)CC1. The minimum Gasteiger partial charge on any atom is -0.326 e. The monoisotopic (exact) mass is 381 g/mol. The van der Waals surface area contributed by atoms with Crippen molar-refractivity contribution in [3.8, 4) is 0 Å². The molecule has 1 amide bonds. The van der Waals surface area contributed by atoms with Gasteiger partial charge < -0.3 is 10.2 Å². The van der Waals surface area contributed by atoms with Crippen LogP contribution in [0.2, 0.25) is 0 Å². The summed E-state index contributed by atoms with van der Waals surface area (Å²) in [5, 5.41) is 7.95. The van der Waals surface area contributed by atoms with Crippen LogP contribution in [-0.2, 0) is 14.8 Å². The van der Waals surface area contributed by atoms with E-state index in [-0.39, 0.29) is 16.7 Å². The maximum absolute atomic E-state index is 12.4. The molecule has 1 aromatic carbocycles. The number of primary sulfonamides is 1. The lowest BCUT2D eigenvalue weighted by atomic mass is 9.90. The maximum Gasteiger partial charge on any atom is 0.238 e. The van der Waals surface area contributed by atoms with Gasteiger partial charge in [0.05, 0.1) is 4.90 Å². The van der Waals surface area contributed by atoms with E-state index in [0.717, 1.165) is 32.5 Å². The topological polar surface area (TPSA) is 92.5 Å². The number of nitrogens with two attached hydrogens (primary N) is 1. The first-order valence-corrected chi connectivity index (χ1v) is 10.8. The molecule has 0 aromatic heterocycles. The van der Waals surface area contributed by atoms with E-state index in [9.17, 15) is 13.2 Å². The first kappa shape index (κ1) is 20.9. The molecular formula is C19H31N3O3S. The second-order valence-electron chi connectivity index (χ2n) is 8.34. The van der Waals surface area contributed by atoms with Crippen molar-refractivity contribution < 1.29 is 13.2 Å². The van der Waals surface area contributed by atoms with Crippen molar-refractivity contribution in [1.29, 1.82) is 0 Å². The van der Waals surface area contributed by atoms with E-state index >= 15 is 0 Å². The smallest absolute Gasteiger partial charge is 0.238 e. The fourth-order valence-electron chi connectivity index (χ4n) is 3.22. The lowest BCUT2D eigenvalue weighted by Gasteiger charge is -2.32. The van der Waals surface area contributed by atoms with Gasteiger partial charge in [0.2, 0.25) is 15.9 Å². The molecule has 0 spiro atoms.